The Morgan fingerprint density at radius 3 is 2.30 bits per heavy atom. The van der Waals surface area contributed by atoms with E-state index < -0.39 is 0 Å². The summed E-state index contributed by atoms with van der Waals surface area (Å²) in [4.78, 5) is 41.3. The van der Waals surface area contributed by atoms with E-state index in [1.54, 1.807) is 36.4 Å². The molecule has 1 aliphatic heterocycles. The Morgan fingerprint density at radius 1 is 1.09 bits per heavy atom. The number of imide groups is 1. The molecule has 23 heavy (non-hydrogen) atoms. The highest BCUT2D eigenvalue weighted by molar-refractivity contribution is 6.21. The van der Waals surface area contributed by atoms with Crippen LogP contribution in [0.4, 0.5) is 11.5 Å². The number of amides is 3. The molecule has 3 N–H and O–H groups in total. The van der Waals surface area contributed by atoms with Gasteiger partial charge in [-0.3, -0.25) is 19.3 Å². The van der Waals surface area contributed by atoms with Crippen LogP contribution >= 0.6 is 0 Å². The van der Waals surface area contributed by atoms with Crippen molar-refractivity contribution in [2.24, 2.45) is 0 Å². The lowest BCUT2D eigenvalue weighted by Gasteiger charge is -2.13. The molecule has 0 saturated heterocycles. The summed E-state index contributed by atoms with van der Waals surface area (Å²) in [6.45, 7) is 0.0210. The van der Waals surface area contributed by atoms with Crippen LogP contribution in [0.25, 0.3) is 0 Å². The highest BCUT2D eigenvalue weighted by Crippen LogP contribution is 2.22. The Bertz CT molecular complexity index is 751. The van der Waals surface area contributed by atoms with E-state index in [9.17, 15) is 14.4 Å². The van der Waals surface area contributed by atoms with Gasteiger partial charge in [0.1, 0.15) is 5.82 Å². The number of fused-ring (bicyclic) bond motifs is 1. The van der Waals surface area contributed by atoms with E-state index in [1.165, 1.54) is 6.20 Å². The van der Waals surface area contributed by atoms with Gasteiger partial charge >= 0.3 is 0 Å². The summed E-state index contributed by atoms with van der Waals surface area (Å²) in [5.74, 6) is -0.710. The van der Waals surface area contributed by atoms with Crippen LogP contribution in [-0.2, 0) is 4.79 Å². The van der Waals surface area contributed by atoms with Gasteiger partial charge in [0.05, 0.1) is 23.0 Å². The highest BCUT2D eigenvalue weighted by Gasteiger charge is 2.34. The molecule has 0 bridgehead atoms. The van der Waals surface area contributed by atoms with Crippen molar-refractivity contribution in [3.05, 3.63) is 53.7 Å². The fourth-order valence-electron chi connectivity index (χ4n) is 2.34. The van der Waals surface area contributed by atoms with Crippen molar-refractivity contribution in [2.45, 2.75) is 6.42 Å². The maximum absolute atomic E-state index is 12.2. The summed E-state index contributed by atoms with van der Waals surface area (Å²) < 4.78 is 0. The first-order valence-corrected chi connectivity index (χ1v) is 7.03. The van der Waals surface area contributed by atoms with Crippen LogP contribution in [0.5, 0.6) is 0 Å². The Morgan fingerprint density at radius 2 is 1.74 bits per heavy atom. The molecule has 0 saturated carbocycles. The van der Waals surface area contributed by atoms with Gasteiger partial charge in [0.2, 0.25) is 5.91 Å². The fourth-order valence-corrected chi connectivity index (χ4v) is 2.34. The number of carbonyl (C=O) groups is 3. The quantitative estimate of drug-likeness (QED) is 0.828. The summed E-state index contributed by atoms with van der Waals surface area (Å²) in [6.07, 6.45) is 1.43. The number of nitrogens with zero attached hydrogens (tertiary/aromatic N) is 2. The number of pyridine rings is 1. The zero-order valence-corrected chi connectivity index (χ0v) is 12.2. The largest absolute Gasteiger partial charge is 0.397 e. The predicted octanol–water partition coefficient (Wildman–Crippen LogP) is 1.29. The van der Waals surface area contributed by atoms with Gasteiger partial charge in [0.25, 0.3) is 11.8 Å². The second kappa shape index (κ2) is 5.88. The maximum Gasteiger partial charge on any atom is 0.261 e. The molecular weight excluding hydrogens is 296 g/mol. The molecule has 0 atom stereocenters. The van der Waals surface area contributed by atoms with Crippen LogP contribution < -0.4 is 11.1 Å². The van der Waals surface area contributed by atoms with Crippen LogP contribution in [0, 0.1) is 0 Å². The average Bonchev–Trinajstić information content (AvgIpc) is 2.80. The minimum absolute atomic E-state index is 0.00246. The smallest absolute Gasteiger partial charge is 0.261 e. The van der Waals surface area contributed by atoms with E-state index >= 15 is 0 Å². The molecule has 1 aliphatic rings. The molecule has 2 aromatic rings. The van der Waals surface area contributed by atoms with Crippen LogP contribution in [0.2, 0.25) is 0 Å². The van der Waals surface area contributed by atoms with Gasteiger partial charge in [-0.25, -0.2) is 4.98 Å². The minimum atomic E-state index is -0.371. The lowest BCUT2D eigenvalue weighted by Crippen LogP contribution is -2.32. The third-order valence-corrected chi connectivity index (χ3v) is 3.49. The number of nitrogens with one attached hydrogen (secondary N) is 1. The van der Waals surface area contributed by atoms with Crippen LogP contribution in [0.3, 0.4) is 0 Å². The first kappa shape index (κ1) is 14.7. The second-order valence-corrected chi connectivity index (χ2v) is 5.08. The second-order valence-electron chi connectivity index (χ2n) is 5.08. The zero-order valence-electron chi connectivity index (χ0n) is 12.2. The van der Waals surface area contributed by atoms with Crippen LogP contribution in [-0.4, -0.2) is 34.2 Å². The van der Waals surface area contributed by atoms with E-state index in [4.69, 9.17) is 5.73 Å². The molecule has 1 aromatic carbocycles. The lowest BCUT2D eigenvalue weighted by molar-refractivity contribution is -0.116. The van der Waals surface area contributed by atoms with E-state index in [0.29, 0.717) is 22.6 Å². The van der Waals surface area contributed by atoms with Crippen molar-refractivity contribution in [3.63, 3.8) is 0 Å². The monoisotopic (exact) mass is 310 g/mol. The van der Waals surface area contributed by atoms with Crippen molar-refractivity contribution >= 4 is 29.2 Å². The molecule has 0 spiro atoms. The van der Waals surface area contributed by atoms with Crippen LogP contribution in [0.1, 0.15) is 27.1 Å². The molecule has 116 valence electrons. The van der Waals surface area contributed by atoms with Gasteiger partial charge in [0.15, 0.2) is 0 Å². The molecule has 3 amide bonds. The van der Waals surface area contributed by atoms with Gasteiger partial charge in [0, 0.05) is 13.0 Å². The number of hydrogen-bond donors (Lipinski definition) is 2. The fraction of sp³-hybridized carbons (Fsp3) is 0.125. The van der Waals surface area contributed by atoms with Crippen molar-refractivity contribution in [1.29, 1.82) is 0 Å². The molecule has 0 fully saturated rings. The number of benzene rings is 1. The number of carbonyl (C=O) groups excluding carboxylic acids is 3. The molecule has 2 heterocycles. The molecule has 7 nitrogen and oxygen atoms in total. The number of nitrogens with two attached hydrogens (primary N) is 1. The van der Waals surface area contributed by atoms with E-state index in [1.807, 2.05) is 0 Å². The van der Waals surface area contributed by atoms with Crippen molar-refractivity contribution < 1.29 is 14.4 Å². The average molecular weight is 310 g/mol. The Labute approximate surface area is 132 Å². The van der Waals surface area contributed by atoms with Gasteiger partial charge in [-0.05, 0) is 24.3 Å². The van der Waals surface area contributed by atoms with Gasteiger partial charge in [-0.1, -0.05) is 12.1 Å². The van der Waals surface area contributed by atoms with Gasteiger partial charge in [-0.2, -0.15) is 0 Å². The molecule has 0 unspecified atom stereocenters. The first-order valence-electron chi connectivity index (χ1n) is 7.03. The topological polar surface area (TPSA) is 105 Å². The third kappa shape index (κ3) is 2.89. The SMILES string of the molecule is Nc1ccc(NC(=O)CCN2C(=O)c3ccccc3C2=O)nc1. The highest BCUT2D eigenvalue weighted by atomic mass is 16.2. The Balaban J connectivity index is 1.61. The third-order valence-electron chi connectivity index (χ3n) is 3.49. The molecule has 1 aromatic heterocycles. The first-order chi connectivity index (χ1) is 11.1. The predicted molar refractivity (Wildman–Crippen MR) is 83.7 cm³/mol. The molecule has 0 radical (unpaired) electrons. The van der Waals surface area contributed by atoms with Crippen molar-refractivity contribution in [2.75, 3.05) is 17.6 Å². The van der Waals surface area contributed by atoms with E-state index in [0.717, 1.165) is 4.90 Å². The normalized spacial score (nSPS) is 13.1. The summed E-state index contributed by atoms with van der Waals surface area (Å²) >= 11 is 0. The number of rotatable bonds is 4. The standard InChI is InChI=1S/C16H14N4O3/c17-10-5-6-13(18-9-10)19-14(21)7-8-20-15(22)11-3-1-2-4-12(11)16(20)23/h1-6,9H,7-8,17H2,(H,18,19,21). The number of hydrogen-bond acceptors (Lipinski definition) is 5. The lowest BCUT2D eigenvalue weighted by atomic mass is 10.1. The summed E-state index contributed by atoms with van der Waals surface area (Å²) in [5, 5.41) is 2.59. The van der Waals surface area contributed by atoms with E-state index in [2.05, 4.69) is 10.3 Å². The van der Waals surface area contributed by atoms with Crippen molar-refractivity contribution in [1.82, 2.24) is 9.88 Å². The molecular formula is C16H14N4O3. The van der Waals surface area contributed by atoms with Crippen molar-refractivity contribution in [3.8, 4) is 0 Å². The zero-order chi connectivity index (χ0) is 16.4. The van der Waals surface area contributed by atoms with Gasteiger partial charge in [-0.15, -0.1) is 0 Å². The Kier molecular flexibility index (Phi) is 3.76. The number of aromatic nitrogens is 1. The molecule has 7 heteroatoms. The number of nitrogen functional groups attached to an aromatic ring is 1. The Hall–Kier alpha value is -3.22. The minimum Gasteiger partial charge on any atom is -0.397 e. The number of anilines is 2. The van der Waals surface area contributed by atoms with Crippen LogP contribution in [0.15, 0.2) is 42.6 Å². The van der Waals surface area contributed by atoms with Gasteiger partial charge < -0.3 is 11.1 Å². The summed E-state index contributed by atoms with van der Waals surface area (Å²) in [5.41, 5.74) is 6.76. The molecule has 0 aliphatic carbocycles. The van der Waals surface area contributed by atoms with E-state index in [-0.39, 0.29) is 30.7 Å². The molecule has 3 rings (SSSR count). The maximum atomic E-state index is 12.2. The summed E-state index contributed by atoms with van der Waals surface area (Å²) in [6, 6.07) is 9.81. The summed E-state index contributed by atoms with van der Waals surface area (Å²) in [7, 11) is 0.